The Bertz CT molecular complexity index is 511. The normalized spacial score (nSPS) is 36.3. The third-order valence-electron chi connectivity index (χ3n) is 3.84. The van der Waals surface area contributed by atoms with Gasteiger partial charge in [0, 0.05) is 6.20 Å². The average molecular weight is 297 g/mol. The fourth-order valence-corrected chi connectivity index (χ4v) is 3.65. The molecule has 1 aromatic rings. The molecule has 0 amide bonds. The molecule has 4 atom stereocenters. The molecule has 2 aliphatic heterocycles. The van der Waals surface area contributed by atoms with Crippen molar-refractivity contribution >= 4 is 13.4 Å². The highest BCUT2D eigenvalue weighted by Gasteiger charge is 2.54. The molecule has 2 saturated heterocycles. The van der Waals surface area contributed by atoms with E-state index in [2.05, 4.69) is 30.0 Å². The number of ether oxygens (including phenoxy) is 3. The van der Waals surface area contributed by atoms with Crippen LogP contribution in [0.1, 0.15) is 26.8 Å². The molecule has 6 nitrogen and oxygen atoms in total. The van der Waals surface area contributed by atoms with E-state index in [1.807, 2.05) is 31.6 Å². The quantitative estimate of drug-likeness (QED) is 0.769. The van der Waals surface area contributed by atoms with E-state index in [4.69, 9.17) is 14.2 Å². The Morgan fingerprint density at radius 2 is 1.95 bits per heavy atom. The first kappa shape index (κ1) is 14.2. The van der Waals surface area contributed by atoms with Gasteiger partial charge in [-0.25, -0.2) is 4.68 Å². The van der Waals surface area contributed by atoms with Crippen LogP contribution in [0.4, 0.5) is 0 Å². The van der Waals surface area contributed by atoms with Gasteiger partial charge in [0.15, 0.2) is 12.1 Å². The molecular weight excluding hydrogens is 274 g/mol. The minimum Gasteiger partial charge on any atom is -0.344 e. The molecule has 0 bridgehead atoms. The van der Waals surface area contributed by atoms with Gasteiger partial charge in [0.1, 0.15) is 20.2 Å². The van der Waals surface area contributed by atoms with Crippen molar-refractivity contribution in [1.82, 2.24) is 15.0 Å². The lowest BCUT2D eigenvalue weighted by Crippen LogP contribution is -2.39. The first-order valence-electron chi connectivity index (χ1n) is 7.11. The standard InChI is InChI=1S/C13H23N3O3Si/c1-8-10(11-12(17-8)19-13(2,3)18-11)16-7-9(14-15-16)20(4,5)6/h7-8,10-12H,1-6H3/t8-,10+,11-,12-/m1/s1. The van der Waals surface area contributed by atoms with Crippen LogP contribution in [0.3, 0.4) is 0 Å². The van der Waals surface area contributed by atoms with Gasteiger partial charge in [-0.05, 0) is 20.8 Å². The Morgan fingerprint density at radius 1 is 1.25 bits per heavy atom. The summed E-state index contributed by atoms with van der Waals surface area (Å²) in [5, 5.41) is 9.75. The van der Waals surface area contributed by atoms with Gasteiger partial charge in [-0.1, -0.05) is 24.9 Å². The summed E-state index contributed by atoms with van der Waals surface area (Å²) in [6, 6.07) is 0.0133. The molecule has 0 radical (unpaired) electrons. The maximum Gasteiger partial charge on any atom is 0.189 e. The van der Waals surface area contributed by atoms with Crippen molar-refractivity contribution in [1.29, 1.82) is 0 Å². The molecule has 3 heterocycles. The zero-order valence-corrected chi connectivity index (χ0v) is 14.0. The van der Waals surface area contributed by atoms with Gasteiger partial charge in [-0.3, -0.25) is 0 Å². The predicted octanol–water partition coefficient (Wildman–Crippen LogP) is 1.26. The largest absolute Gasteiger partial charge is 0.344 e. The minimum atomic E-state index is -1.45. The molecule has 0 N–H and O–H groups in total. The topological polar surface area (TPSA) is 58.4 Å². The Balaban J connectivity index is 1.88. The SMILES string of the molecule is C[C@H]1O[C@@H]2OC(C)(C)O[C@@H]2[C@H]1n1cc([Si](C)(C)C)nn1. The second-order valence-corrected chi connectivity index (χ2v) is 12.1. The zero-order valence-electron chi connectivity index (χ0n) is 13.0. The van der Waals surface area contributed by atoms with E-state index in [-0.39, 0.29) is 24.5 Å². The summed E-state index contributed by atoms with van der Waals surface area (Å²) < 4.78 is 19.5. The number of hydrogen-bond donors (Lipinski definition) is 0. The van der Waals surface area contributed by atoms with Crippen LogP contribution in [0.25, 0.3) is 0 Å². The molecule has 1 aromatic heterocycles. The van der Waals surface area contributed by atoms with Crippen molar-refractivity contribution in [3.05, 3.63) is 6.20 Å². The summed E-state index contributed by atoms with van der Waals surface area (Å²) in [6.07, 6.45) is 1.60. The maximum atomic E-state index is 5.98. The van der Waals surface area contributed by atoms with E-state index in [1.165, 1.54) is 0 Å². The van der Waals surface area contributed by atoms with Gasteiger partial charge >= 0.3 is 0 Å². The lowest BCUT2D eigenvalue weighted by Gasteiger charge is -2.23. The number of fused-ring (bicyclic) bond motifs is 1. The van der Waals surface area contributed by atoms with Gasteiger partial charge in [-0.2, -0.15) is 0 Å². The Labute approximate surface area is 120 Å². The molecule has 20 heavy (non-hydrogen) atoms. The number of hydrogen-bond acceptors (Lipinski definition) is 5. The Morgan fingerprint density at radius 3 is 2.55 bits per heavy atom. The number of rotatable bonds is 2. The molecule has 0 unspecified atom stereocenters. The zero-order chi connectivity index (χ0) is 14.7. The molecule has 0 saturated carbocycles. The van der Waals surface area contributed by atoms with Crippen LogP contribution in [-0.4, -0.2) is 47.4 Å². The van der Waals surface area contributed by atoms with Crippen LogP contribution in [0.5, 0.6) is 0 Å². The highest BCUT2D eigenvalue weighted by Crippen LogP contribution is 2.42. The van der Waals surface area contributed by atoms with E-state index >= 15 is 0 Å². The van der Waals surface area contributed by atoms with E-state index < -0.39 is 13.9 Å². The van der Waals surface area contributed by atoms with E-state index in [0.29, 0.717) is 0 Å². The second kappa shape index (κ2) is 4.36. The third-order valence-corrected chi connectivity index (χ3v) is 5.60. The second-order valence-electron chi connectivity index (χ2n) is 7.13. The predicted molar refractivity (Wildman–Crippen MR) is 76.4 cm³/mol. The highest BCUT2D eigenvalue weighted by atomic mass is 28.3. The van der Waals surface area contributed by atoms with Crippen LogP contribution in [0.15, 0.2) is 6.20 Å². The Kier molecular flexibility index (Phi) is 3.10. The summed E-state index contributed by atoms with van der Waals surface area (Å²) in [4.78, 5) is 0. The third kappa shape index (κ3) is 2.32. The molecule has 112 valence electrons. The fourth-order valence-electron chi connectivity index (χ4n) is 2.78. The highest BCUT2D eigenvalue weighted by molar-refractivity contribution is 6.88. The number of aromatic nitrogens is 3. The molecule has 0 spiro atoms. The molecule has 7 heteroatoms. The van der Waals surface area contributed by atoms with E-state index in [1.54, 1.807) is 0 Å². The van der Waals surface area contributed by atoms with Crippen LogP contribution in [0.2, 0.25) is 19.6 Å². The summed E-state index contributed by atoms with van der Waals surface area (Å²) in [5.74, 6) is -0.601. The van der Waals surface area contributed by atoms with Crippen LogP contribution < -0.4 is 5.32 Å². The summed E-state index contributed by atoms with van der Waals surface area (Å²) in [7, 11) is -1.45. The molecule has 0 aliphatic carbocycles. The van der Waals surface area contributed by atoms with E-state index in [0.717, 1.165) is 5.32 Å². The van der Waals surface area contributed by atoms with Crippen molar-refractivity contribution < 1.29 is 14.2 Å². The van der Waals surface area contributed by atoms with Crippen LogP contribution in [0, 0.1) is 0 Å². The van der Waals surface area contributed by atoms with Gasteiger partial charge in [0.25, 0.3) is 0 Å². The van der Waals surface area contributed by atoms with Crippen LogP contribution >= 0.6 is 0 Å². The first-order valence-corrected chi connectivity index (χ1v) is 10.6. The van der Waals surface area contributed by atoms with E-state index in [9.17, 15) is 0 Å². The molecular formula is C13H23N3O3Si. The van der Waals surface area contributed by atoms with Crippen molar-refractivity contribution in [3.8, 4) is 0 Å². The van der Waals surface area contributed by atoms with Gasteiger partial charge in [0.05, 0.1) is 11.4 Å². The lowest BCUT2D eigenvalue weighted by atomic mass is 10.1. The summed E-state index contributed by atoms with van der Waals surface area (Å²) in [6.45, 7) is 12.6. The molecule has 2 fully saturated rings. The molecule has 0 aromatic carbocycles. The summed E-state index contributed by atoms with van der Waals surface area (Å²) in [5.41, 5.74) is 0. The lowest BCUT2D eigenvalue weighted by molar-refractivity contribution is -0.207. The van der Waals surface area contributed by atoms with Crippen LogP contribution in [-0.2, 0) is 14.2 Å². The minimum absolute atomic E-state index is 0.00251. The monoisotopic (exact) mass is 297 g/mol. The van der Waals surface area contributed by atoms with Gasteiger partial charge in [-0.15, -0.1) is 5.10 Å². The first-order chi connectivity index (χ1) is 9.17. The van der Waals surface area contributed by atoms with Crippen molar-refractivity contribution in [2.24, 2.45) is 0 Å². The average Bonchev–Trinajstić information content (AvgIpc) is 2.89. The maximum absolute atomic E-state index is 5.98. The van der Waals surface area contributed by atoms with Crippen molar-refractivity contribution in [2.45, 2.75) is 70.7 Å². The van der Waals surface area contributed by atoms with Crippen molar-refractivity contribution in [3.63, 3.8) is 0 Å². The molecule has 2 aliphatic rings. The van der Waals surface area contributed by atoms with Gasteiger partial charge in [0.2, 0.25) is 0 Å². The smallest absolute Gasteiger partial charge is 0.189 e. The van der Waals surface area contributed by atoms with Crippen molar-refractivity contribution in [2.75, 3.05) is 0 Å². The van der Waals surface area contributed by atoms with Gasteiger partial charge < -0.3 is 14.2 Å². The Hall–Kier alpha value is -0.763. The number of nitrogens with zero attached hydrogens (tertiary/aromatic N) is 3. The summed E-state index contributed by atoms with van der Waals surface area (Å²) >= 11 is 0. The fraction of sp³-hybridized carbons (Fsp3) is 0.846. The molecule has 3 rings (SSSR count).